The molecule has 106 valence electrons. The molecule has 0 bridgehead atoms. The monoisotopic (exact) mass is 301 g/mol. The molecule has 1 aliphatic rings. The van der Waals surface area contributed by atoms with Gasteiger partial charge in [-0.3, -0.25) is 0 Å². The van der Waals surface area contributed by atoms with Gasteiger partial charge in [0, 0.05) is 19.0 Å². The van der Waals surface area contributed by atoms with E-state index in [0.29, 0.717) is 35.7 Å². The number of nitrogens with zero attached hydrogens (tertiary/aromatic N) is 1. The molecule has 0 amide bonds. The van der Waals surface area contributed by atoms with Crippen molar-refractivity contribution >= 4 is 21.6 Å². The standard InChI is InChI=1S/C14H20ClNO2S/c1-11-6-12(2)10-16(9-11)19(17,18)14-5-3-4-13(7-14)8-15/h3-5,7,11-12H,6,8-10H2,1-2H3. The molecular formula is C14H20ClNO2S. The van der Waals surface area contributed by atoms with Gasteiger partial charge in [-0.1, -0.05) is 26.0 Å². The normalized spacial score (nSPS) is 25.4. The minimum Gasteiger partial charge on any atom is -0.207 e. The number of benzene rings is 1. The molecule has 2 atom stereocenters. The van der Waals surface area contributed by atoms with E-state index >= 15 is 0 Å². The van der Waals surface area contributed by atoms with Crippen LogP contribution in [0.1, 0.15) is 25.8 Å². The number of hydrogen-bond acceptors (Lipinski definition) is 2. The molecule has 3 nitrogen and oxygen atoms in total. The zero-order chi connectivity index (χ0) is 14.0. The molecule has 1 saturated heterocycles. The van der Waals surface area contributed by atoms with E-state index in [-0.39, 0.29) is 0 Å². The molecule has 1 aliphatic heterocycles. The Morgan fingerprint density at radius 3 is 2.47 bits per heavy atom. The van der Waals surface area contributed by atoms with Gasteiger partial charge in [0.15, 0.2) is 0 Å². The highest BCUT2D eigenvalue weighted by atomic mass is 35.5. The Bertz CT molecular complexity index is 534. The van der Waals surface area contributed by atoms with Crippen LogP contribution in [0.25, 0.3) is 0 Å². The summed E-state index contributed by atoms with van der Waals surface area (Å²) in [5, 5.41) is 0. The van der Waals surface area contributed by atoms with Crippen molar-refractivity contribution in [3.8, 4) is 0 Å². The minimum absolute atomic E-state index is 0.330. The first-order chi connectivity index (χ1) is 8.93. The first-order valence-corrected chi connectivity index (χ1v) is 8.56. The molecule has 1 aromatic carbocycles. The average Bonchev–Trinajstić information content (AvgIpc) is 2.37. The second-order valence-electron chi connectivity index (χ2n) is 5.55. The predicted octanol–water partition coefficient (Wildman–Crippen LogP) is 3.09. The molecule has 0 aromatic heterocycles. The van der Waals surface area contributed by atoms with E-state index in [1.807, 2.05) is 6.07 Å². The third-order valence-corrected chi connectivity index (χ3v) is 5.66. The molecule has 1 heterocycles. The summed E-state index contributed by atoms with van der Waals surface area (Å²) in [5.41, 5.74) is 0.834. The highest BCUT2D eigenvalue weighted by Crippen LogP contribution is 2.27. The van der Waals surface area contributed by atoms with Crippen LogP contribution in [0.3, 0.4) is 0 Å². The Morgan fingerprint density at radius 1 is 1.26 bits per heavy atom. The van der Waals surface area contributed by atoms with Crippen LogP contribution in [0.15, 0.2) is 29.2 Å². The van der Waals surface area contributed by atoms with Crippen LogP contribution in [-0.2, 0) is 15.9 Å². The largest absolute Gasteiger partial charge is 0.243 e. The molecule has 0 aliphatic carbocycles. The van der Waals surface area contributed by atoms with Crippen LogP contribution in [-0.4, -0.2) is 25.8 Å². The first-order valence-electron chi connectivity index (χ1n) is 6.58. The minimum atomic E-state index is -3.39. The second kappa shape index (κ2) is 5.81. The number of hydrogen-bond donors (Lipinski definition) is 0. The number of sulfonamides is 1. The molecule has 2 rings (SSSR count). The highest BCUT2D eigenvalue weighted by Gasteiger charge is 2.31. The van der Waals surface area contributed by atoms with E-state index in [9.17, 15) is 8.42 Å². The summed E-state index contributed by atoms with van der Waals surface area (Å²) in [6, 6.07) is 6.91. The third kappa shape index (κ3) is 3.30. The van der Waals surface area contributed by atoms with Crippen LogP contribution in [0.4, 0.5) is 0 Å². The number of alkyl halides is 1. The summed E-state index contributed by atoms with van der Waals surface area (Å²) in [4.78, 5) is 0.354. The van der Waals surface area contributed by atoms with Crippen molar-refractivity contribution in [3.05, 3.63) is 29.8 Å². The summed E-state index contributed by atoms with van der Waals surface area (Å²) in [6.45, 7) is 5.43. The summed E-state index contributed by atoms with van der Waals surface area (Å²) < 4.78 is 26.9. The fourth-order valence-electron chi connectivity index (χ4n) is 2.74. The van der Waals surface area contributed by atoms with Gasteiger partial charge in [-0.2, -0.15) is 4.31 Å². The Morgan fingerprint density at radius 2 is 1.89 bits per heavy atom. The van der Waals surface area contributed by atoms with Gasteiger partial charge >= 0.3 is 0 Å². The molecular weight excluding hydrogens is 282 g/mol. The van der Waals surface area contributed by atoms with Gasteiger partial charge in [0.05, 0.1) is 4.90 Å². The molecule has 19 heavy (non-hydrogen) atoms. The fraction of sp³-hybridized carbons (Fsp3) is 0.571. The lowest BCUT2D eigenvalue weighted by atomic mass is 9.94. The van der Waals surface area contributed by atoms with Gasteiger partial charge in [-0.15, -0.1) is 11.6 Å². The van der Waals surface area contributed by atoms with Gasteiger partial charge in [-0.25, -0.2) is 8.42 Å². The summed E-state index contributed by atoms with van der Waals surface area (Å²) in [5.74, 6) is 1.15. The van der Waals surface area contributed by atoms with Gasteiger partial charge in [-0.05, 0) is 36.0 Å². The molecule has 5 heteroatoms. The number of rotatable bonds is 3. The van der Waals surface area contributed by atoms with Crippen LogP contribution in [0, 0.1) is 11.8 Å². The van der Waals surface area contributed by atoms with Crippen molar-refractivity contribution in [1.82, 2.24) is 4.31 Å². The molecule has 0 radical (unpaired) electrons. The van der Waals surface area contributed by atoms with E-state index in [2.05, 4.69) is 13.8 Å². The zero-order valence-electron chi connectivity index (χ0n) is 11.3. The lowest BCUT2D eigenvalue weighted by Gasteiger charge is -2.34. The van der Waals surface area contributed by atoms with Crippen LogP contribution in [0.2, 0.25) is 0 Å². The van der Waals surface area contributed by atoms with Gasteiger partial charge in [0.25, 0.3) is 0 Å². The van der Waals surface area contributed by atoms with E-state index in [0.717, 1.165) is 12.0 Å². The number of halogens is 1. The average molecular weight is 302 g/mol. The van der Waals surface area contributed by atoms with Crippen molar-refractivity contribution < 1.29 is 8.42 Å². The number of piperidine rings is 1. The van der Waals surface area contributed by atoms with E-state index < -0.39 is 10.0 Å². The summed E-state index contributed by atoms with van der Waals surface area (Å²) in [6.07, 6.45) is 1.09. The van der Waals surface area contributed by atoms with E-state index in [1.165, 1.54) is 0 Å². The Balaban J connectivity index is 2.30. The predicted molar refractivity (Wildman–Crippen MR) is 77.7 cm³/mol. The van der Waals surface area contributed by atoms with Crippen molar-refractivity contribution in [2.75, 3.05) is 13.1 Å². The summed E-state index contributed by atoms with van der Waals surface area (Å²) in [7, 11) is -3.39. The smallest absolute Gasteiger partial charge is 0.207 e. The lowest BCUT2D eigenvalue weighted by molar-refractivity contribution is 0.222. The zero-order valence-corrected chi connectivity index (χ0v) is 12.9. The SMILES string of the molecule is CC1CC(C)CN(S(=O)(=O)c2cccc(CCl)c2)C1. The van der Waals surface area contributed by atoms with Gasteiger partial charge in [0.2, 0.25) is 10.0 Å². The molecule has 1 fully saturated rings. The Labute approximate surface area is 120 Å². The maximum atomic E-state index is 12.6. The van der Waals surface area contributed by atoms with Crippen molar-refractivity contribution in [2.45, 2.75) is 31.0 Å². The maximum Gasteiger partial charge on any atom is 0.243 e. The quantitative estimate of drug-likeness (QED) is 0.805. The molecule has 2 unspecified atom stereocenters. The fourth-order valence-corrected chi connectivity index (χ4v) is 4.66. The van der Waals surface area contributed by atoms with Crippen molar-refractivity contribution in [3.63, 3.8) is 0 Å². The van der Waals surface area contributed by atoms with Crippen molar-refractivity contribution in [1.29, 1.82) is 0 Å². The topological polar surface area (TPSA) is 37.4 Å². The van der Waals surface area contributed by atoms with E-state index in [4.69, 9.17) is 11.6 Å². The summed E-state index contributed by atoms with van der Waals surface area (Å²) >= 11 is 5.77. The van der Waals surface area contributed by atoms with E-state index in [1.54, 1.807) is 22.5 Å². The maximum absolute atomic E-state index is 12.6. The molecule has 0 saturated carbocycles. The second-order valence-corrected chi connectivity index (χ2v) is 7.75. The van der Waals surface area contributed by atoms with Crippen LogP contribution < -0.4 is 0 Å². The van der Waals surface area contributed by atoms with Crippen molar-refractivity contribution in [2.24, 2.45) is 11.8 Å². The van der Waals surface area contributed by atoms with Crippen LogP contribution in [0.5, 0.6) is 0 Å². The molecule has 0 N–H and O–H groups in total. The third-order valence-electron chi connectivity index (χ3n) is 3.53. The first kappa shape index (κ1) is 14.8. The Hall–Kier alpha value is -0.580. The highest BCUT2D eigenvalue weighted by molar-refractivity contribution is 7.89. The molecule has 1 aromatic rings. The molecule has 0 spiro atoms. The Kier molecular flexibility index (Phi) is 4.54. The van der Waals surface area contributed by atoms with Gasteiger partial charge in [0.1, 0.15) is 0 Å². The lowest BCUT2D eigenvalue weighted by Crippen LogP contribution is -2.42. The van der Waals surface area contributed by atoms with Gasteiger partial charge < -0.3 is 0 Å². The van der Waals surface area contributed by atoms with Crippen LogP contribution >= 0.6 is 11.6 Å².